The molecule has 1 heterocycles. The fourth-order valence-corrected chi connectivity index (χ4v) is 1.75. The van der Waals surface area contributed by atoms with E-state index in [-0.39, 0.29) is 5.82 Å². The molecule has 2 N–H and O–H groups in total. The summed E-state index contributed by atoms with van der Waals surface area (Å²) in [6.07, 6.45) is 5.17. The van der Waals surface area contributed by atoms with Gasteiger partial charge in [-0.05, 0) is 36.9 Å². The second kappa shape index (κ2) is 4.68. The molecule has 0 spiro atoms. The maximum Gasteiger partial charge on any atom is 0.141 e. The molecular weight excluding hydrogens is 195 g/mol. The van der Waals surface area contributed by atoms with E-state index in [4.69, 9.17) is 10.5 Å². The first-order chi connectivity index (χ1) is 7.28. The third kappa shape index (κ3) is 2.73. The van der Waals surface area contributed by atoms with E-state index >= 15 is 0 Å². The molecule has 82 valence electrons. The molecule has 0 bridgehead atoms. The summed E-state index contributed by atoms with van der Waals surface area (Å²) in [5, 5.41) is 0. The van der Waals surface area contributed by atoms with E-state index in [9.17, 15) is 4.39 Å². The Morgan fingerprint density at radius 1 is 1.47 bits per heavy atom. The van der Waals surface area contributed by atoms with Crippen molar-refractivity contribution in [2.45, 2.75) is 25.6 Å². The molecule has 1 fully saturated rings. The Hall–Kier alpha value is -1.00. The highest BCUT2D eigenvalue weighted by molar-refractivity contribution is 5.08. The van der Waals surface area contributed by atoms with Crippen LogP contribution in [0.5, 0.6) is 0 Å². The minimum atomic E-state index is -0.315. The third-order valence-electron chi connectivity index (χ3n) is 2.77. The molecule has 15 heavy (non-hydrogen) atoms. The van der Waals surface area contributed by atoms with Crippen molar-refractivity contribution in [2.24, 2.45) is 11.7 Å². The SMILES string of the molecule is NCC1CC(OCc2cncc(F)c2)C1. The van der Waals surface area contributed by atoms with Gasteiger partial charge in [0.25, 0.3) is 0 Å². The Labute approximate surface area is 88.5 Å². The van der Waals surface area contributed by atoms with Crippen molar-refractivity contribution >= 4 is 0 Å². The van der Waals surface area contributed by atoms with E-state index in [1.807, 2.05) is 0 Å². The number of ether oxygens (including phenoxy) is 1. The van der Waals surface area contributed by atoms with Crippen LogP contribution in [0.25, 0.3) is 0 Å². The zero-order valence-corrected chi connectivity index (χ0v) is 8.53. The van der Waals surface area contributed by atoms with Crippen LogP contribution in [0.3, 0.4) is 0 Å². The van der Waals surface area contributed by atoms with Crippen molar-refractivity contribution < 1.29 is 9.13 Å². The van der Waals surface area contributed by atoms with Gasteiger partial charge in [-0.2, -0.15) is 0 Å². The number of aromatic nitrogens is 1. The van der Waals surface area contributed by atoms with Crippen LogP contribution in [-0.4, -0.2) is 17.6 Å². The van der Waals surface area contributed by atoms with Crippen molar-refractivity contribution in [2.75, 3.05) is 6.54 Å². The number of nitrogens with two attached hydrogens (primary N) is 1. The molecule has 0 aliphatic heterocycles. The molecule has 0 aromatic carbocycles. The molecule has 0 radical (unpaired) electrons. The van der Waals surface area contributed by atoms with Crippen LogP contribution in [0, 0.1) is 11.7 Å². The largest absolute Gasteiger partial charge is 0.373 e. The first kappa shape index (κ1) is 10.5. The highest BCUT2D eigenvalue weighted by Crippen LogP contribution is 2.29. The van der Waals surface area contributed by atoms with Crippen molar-refractivity contribution in [3.05, 3.63) is 29.8 Å². The summed E-state index contributed by atoms with van der Waals surface area (Å²) in [4.78, 5) is 3.76. The molecule has 1 aliphatic carbocycles. The van der Waals surface area contributed by atoms with Gasteiger partial charge < -0.3 is 10.5 Å². The van der Waals surface area contributed by atoms with Crippen LogP contribution in [0.15, 0.2) is 18.5 Å². The standard InChI is InChI=1S/C11H15FN2O/c12-10-1-9(5-14-6-10)7-15-11-2-8(3-11)4-13/h1,5-6,8,11H,2-4,7,13H2. The normalized spacial score (nSPS) is 24.9. The highest BCUT2D eigenvalue weighted by atomic mass is 19.1. The molecule has 3 nitrogen and oxygen atoms in total. The van der Waals surface area contributed by atoms with E-state index in [2.05, 4.69) is 4.98 Å². The lowest BCUT2D eigenvalue weighted by Crippen LogP contribution is -2.35. The number of nitrogens with zero attached hydrogens (tertiary/aromatic N) is 1. The van der Waals surface area contributed by atoms with E-state index in [1.165, 1.54) is 12.3 Å². The topological polar surface area (TPSA) is 48.1 Å². The van der Waals surface area contributed by atoms with Crippen LogP contribution >= 0.6 is 0 Å². The van der Waals surface area contributed by atoms with Crippen LogP contribution in [-0.2, 0) is 11.3 Å². The summed E-state index contributed by atoms with van der Waals surface area (Å²) in [6, 6.07) is 1.45. The van der Waals surface area contributed by atoms with Crippen molar-refractivity contribution in [1.82, 2.24) is 4.98 Å². The Morgan fingerprint density at radius 2 is 2.27 bits per heavy atom. The predicted octanol–water partition coefficient (Wildman–Crippen LogP) is 1.47. The molecule has 1 saturated carbocycles. The summed E-state index contributed by atoms with van der Waals surface area (Å²) < 4.78 is 18.4. The number of pyridine rings is 1. The minimum absolute atomic E-state index is 0.293. The van der Waals surface area contributed by atoms with E-state index in [0.29, 0.717) is 18.6 Å². The Kier molecular flexibility index (Phi) is 3.28. The molecule has 1 aliphatic rings. The van der Waals surface area contributed by atoms with E-state index < -0.39 is 0 Å². The van der Waals surface area contributed by atoms with Crippen LogP contribution in [0.2, 0.25) is 0 Å². The van der Waals surface area contributed by atoms with E-state index in [1.54, 1.807) is 6.20 Å². The monoisotopic (exact) mass is 210 g/mol. The fourth-order valence-electron chi connectivity index (χ4n) is 1.75. The van der Waals surface area contributed by atoms with Gasteiger partial charge >= 0.3 is 0 Å². The number of hydrogen-bond acceptors (Lipinski definition) is 3. The Morgan fingerprint density at radius 3 is 2.93 bits per heavy atom. The smallest absolute Gasteiger partial charge is 0.141 e. The molecule has 1 aromatic heterocycles. The summed E-state index contributed by atoms with van der Waals surface area (Å²) in [5.74, 6) is 0.296. The zero-order valence-electron chi connectivity index (χ0n) is 8.53. The molecule has 2 rings (SSSR count). The van der Waals surface area contributed by atoms with Crippen molar-refractivity contribution in [3.8, 4) is 0 Å². The Bertz CT molecular complexity index is 326. The highest BCUT2D eigenvalue weighted by Gasteiger charge is 2.28. The van der Waals surface area contributed by atoms with Gasteiger partial charge in [-0.3, -0.25) is 4.98 Å². The van der Waals surface area contributed by atoms with Crippen LogP contribution in [0.4, 0.5) is 4.39 Å². The minimum Gasteiger partial charge on any atom is -0.373 e. The number of hydrogen-bond donors (Lipinski definition) is 1. The van der Waals surface area contributed by atoms with Gasteiger partial charge in [0.1, 0.15) is 5.82 Å². The van der Waals surface area contributed by atoms with Gasteiger partial charge in [-0.15, -0.1) is 0 Å². The first-order valence-corrected chi connectivity index (χ1v) is 5.19. The quantitative estimate of drug-likeness (QED) is 0.818. The molecular formula is C11H15FN2O. The van der Waals surface area contributed by atoms with Gasteiger partial charge in [0.15, 0.2) is 0 Å². The summed E-state index contributed by atoms with van der Waals surface area (Å²) in [5.41, 5.74) is 6.29. The second-order valence-corrected chi connectivity index (χ2v) is 4.02. The second-order valence-electron chi connectivity index (χ2n) is 4.02. The fraction of sp³-hybridized carbons (Fsp3) is 0.545. The zero-order chi connectivity index (χ0) is 10.7. The maximum absolute atomic E-state index is 12.8. The third-order valence-corrected chi connectivity index (χ3v) is 2.77. The van der Waals surface area contributed by atoms with Crippen molar-refractivity contribution in [1.29, 1.82) is 0 Å². The first-order valence-electron chi connectivity index (χ1n) is 5.19. The summed E-state index contributed by atoms with van der Waals surface area (Å²) in [6.45, 7) is 1.17. The number of halogens is 1. The summed E-state index contributed by atoms with van der Waals surface area (Å²) in [7, 11) is 0. The lowest BCUT2D eigenvalue weighted by Gasteiger charge is -2.34. The molecule has 1 aromatic rings. The molecule has 0 saturated heterocycles. The average molecular weight is 210 g/mol. The van der Waals surface area contributed by atoms with Gasteiger partial charge in [0, 0.05) is 6.20 Å². The van der Waals surface area contributed by atoms with Gasteiger partial charge in [0.05, 0.1) is 18.9 Å². The van der Waals surface area contributed by atoms with E-state index in [0.717, 1.165) is 24.9 Å². The van der Waals surface area contributed by atoms with Crippen LogP contribution in [0.1, 0.15) is 18.4 Å². The average Bonchev–Trinajstić information content (AvgIpc) is 2.16. The molecule has 0 atom stereocenters. The lowest BCUT2D eigenvalue weighted by molar-refractivity contribution is -0.0377. The van der Waals surface area contributed by atoms with Crippen molar-refractivity contribution in [3.63, 3.8) is 0 Å². The Balaban J connectivity index is 1.75. The summed E-state index contributed by atoms with van der Waals surface area (Å²) >= 11 is 0. The van der Waals surface area contributed by atoms with Gasteiger partial charge in [-0.25, -0.2) is 4.39 Å². The lowest BCUT2D eigenvalue weighted by atomic mass is 9.82. The van der Waals surface area contributed by atoms with Crippen LogP contribution < -0.4 is 5.73 Å². The van der Waals surface area contributed by atoms with Gasteiger partial charge in [0.2, 0.25) is 0 Å². The maximum atomic E-state index is 12.8. The molecule has 4 heteroatoms. The molecule has 0 unspecified atom stereocenters. The predicted molar refractivity (Wildman–Crippen MR) is 54.6 cm³/mol. The number of rotatable bonds is 4. The van der Waals surface area contributed by atoms with Gasteiger partial charge in [-0.1, -0.05) is 0 Å². The molecule has 0 amide bonds.